The number of benzene rings is 1. The van der Waals surface area contributed by atoms with Gasteiger partial charge in [0.25, 0.3) is 0 Å². The smallest absolute Gasteiger partial charge is 0.413 e. The van der Waals surface area contributed by atoms with Gasteiger partial charge in [0.15, 0.2) is 0 Å². The first kappa shape index (κ1) is 14.5. The van der Waals surface area contributed by atoms with Gasteiger partial charge in [0.1, 0.15) is 11.8 Å². The molecule has 0 radical (unpaired) electrons. The molecule has 0 spiro atoms. The lowest BCUT2D eigenvalue weighted by Gasteiger charge is -2.13. The van der Waals surface area contributed by atoms with Crippen molar-refractivity contribution in [3.63, 3.8) is 0 Å². The van der Waals surface area contributed by atoms with E-state index in [-0.39, 0.29) is 12.8 Å². The van der Waals surface area contributed by atoms with Gasteiger partial charge in [-0.1, -0.05) is 18.2 Å². The van der Waals surface area contributed by atoms with Crippen LogP contribution >= 0.6 is 0 Å². The first-order valence-electron chi connectivity index (χ1n) is 5.53. The molecule has 1 atom stereocenters. The Morgan fingerprint density at radius 3 is 2.42 bits per heavy atom. The van der Waals surface area contributed by atoms with Crippen LogP contribution in [0.3, 0.4) is 0 Å². The van der Waals surface area contributed by atoms with E-state index in [1.807, 2.05) is 0 Å². The highest BCUT2D eigenvalue weighted by molar-refractivity contribution is 5.82. The highest BCUT2D eigenvalue weighted by atomic mass is 16.6. The van der Waals surface area contributed by atoms with Crippen LogP contribution in [0.25, 0.3) is 0 Å². The van der Waals surface area contributed by atoms with Crippen molar-refractivity contribution in [1.82, 2.24) is 5.32 Å². The summed E-state index contributed by atoms with van der Waals surface area (Å²) < 4.78 is 4.87. The molecule has 0 aliphatic carbocycles. The molecular weight excluding hydrogens is 252 g/mol. The maximum absolute atomic E-state index is 11.5. The van der Waals surface area contributed by atoms with Crippen molar-refractivity contribution in [2.24, 2.45) is 5.73 Å². The standard InChI is InChI=1S/C12H14N2O5/c13-10(15)7-6-9(11(16)17)14-12(18)19-8-4-2-1-3-5-8/h1-5,9H,6-7H2,(H2,13,15)(H,14,18)(H,16,17)/t9-/m1/s1. The third-order valence-corrected chi connectivity index (χ3v) is 2.22. The second kappa shape index (κ2) is 7.00. The molecule has 7 nitrogen and oxygen atoms in total. The summed E-state index contributed by atoms with van der Waals surface area (Å²) in [6.07, 6.45) is -1.12. The number of nitrogens with one attached hydrogen (secondary N) is 1. The predicted octanol–water partition coefficient (Wildman–Crippen LogP) is 0.494. The lowest BCUT2D eigenvalue weighted by molar-refractivity contribution is -0.139. The van der Waals surface area contributed by atoms with Crippen molar-refractivity contribution in [3.8, 4) is 5.75 Å². The van der Waals surface area contributed by atoms with E-state index in [4.69, 9.17) is 15.6 Å². The van der Waals surface area contributed by atoms with E-state index in [1.165, 1.54) is 0 Å². The number of carboxylic acid groups (broad SMARTS) is 1. The normalized spacial score (nSPS) is 11.4. The van der Waals surface area contributed by atoms with Gasteiger partial charge in [-0.15, -0.1) is 0 Å². The molecule has 1 aromatic rings. The Labute approximate surface area is 109 Å². The summed E-state index contributed by atoms with van der Waals surface area (Å²) >= 11 is 0. The minimum Gasteiger partial charge on any atom is -0.480 e. The molecule has 0 unspecified atom stereocenters. The summed E-state index contributed by atoms with van der Waals surface area (Å²) in [5.41, 5.74) is 4.92. The van der Waals surface area contributed by atoms with Gasteiger partial charge >= 0.3 is 12.1 Å². The van der Waals surface area contributed by atoms with E-state index < -0.39 is 24.0 Å². The van der Waals surface area contributed by atoms with Crippen LogP contribution in [-0.2, 0) is 9.59 Å². The fraction of sp³-hybridized carbons (Fsp3) is 0.250. The first-order valence-corrected chi connectivity index (χ1v) is 5.53. The quantitative estimate of drug-likeness (QED) is 0.692. The maximum Gasteiger partial charge on any atom is 0.413 e. The second-order valence-electron chi connectivity index (χ2n) is 3.74. The second-order valence-corrected chi connectivity index (χ2v) is 3.74. The average molecular weight is 266 g/mol. The SMILES string of the molecule is NC(=O)CC[C@@H](NC(=O)Oc1ccccc1)C(=O)O. The molecule has 0 aromatic heterocycles. The molecular formula is C12H14N2O5. The molecule has 4 N–H and O–H groups in total. The number of para-hydroxylation sites is 1. The highest BCUT2D eigenvalue weighted by Crippen LogP contribution is 2.08. The van der Waals surface area contributed by atoms with Gasteiger partial charge in [-0.3, -0.25) is 4.79 Å². The molecule has 0 saturated heterocycles. The van der Waals surface area contributed by atoms with Crippen molar-refractivity contribution in [2.75, 3.05) is 0 Å². The number of carbonyl (C=O) groups is 3. The Morgan fingerprint density at radius 1 is 1.26 bits per heavy atom. The predicted molar refractivity (Wildman–Crippen MR) is 65.5 cm³/mol. The molecule has 0 heterocycles. The number of primary amides is 1. The van der Waals surface area contributed by atoms with Crippen molar-refractivity contribution in [2.45, 2.75) is 18.9 Å². The molecule has 102 valence electrons. The zero-order valence-corrected chi connectivity index (χ0v) is 10.0. The molecule has 2 amide bonds. The molecule has 1 aromatic carbocycles. The topological polar surface area (TPSA) is 119 Å². The number of aliphatic carboxylic acids is 1. The van der Waals surface area contributed by atoms with Gasteiger partial charge in [-0.2, -0.15) is 0 Å². The highest BCUT2D eigenvalue weighted by Gasteiger charge is 2.21. The average Bonchev–Trinajstić information content (AvgIpc) is 2.35. The fourth-order valence-electron chi connectivity index (χ4n) is 1.31. The Bertz CT molecular complexity index is 460. The Morgan fingerprint density at radius 2 is 1.89 bits per heavy atom. The van der Waals surface area contributed by atoms with E-state index in [1.54, 1.807) is 30.3 Å². The zero-order chi connectivity index (χ0) is 14.3. The van der Waals surface area contributed by atoms with E-state index in [0.717, 1.165) is 0 Å². The monoisotopic (exact) mass is 266 g/mol. The van der Waals surface area contributed by atoms with Gasteiger partial charge in [0, 0.05) is 6.42 Å². The number of ether oxygens (including phenoxy) is 1. The number of hydrogen-bond donors (Lipinski definition) is 3. The number of rotatable bonds is 6. The zero-order valence-electron chi connectivity index (χ0n) is 10.0. The van der Waals surface area contributed by atoms with Crippen molar-refractivity contribution >= 4 is 18.0 Å². The Hall–Kier alpha value is -2.57. The molecule has 0 bridgehead atoms. The van der Waals surface area contributed by atoms with E-state index in [2.05, 4.69) is 5.32 Å². The molecule has 7 heteroatoms. The molecule has 0 aliphatic heterocycles. The molecule has 0 aliphatic rings. The van der Waals surface area contributed by atoms with Crippen LogP contribution in [0.1, 0.15) is 12.8 Å². The third kappa shape index (κ3) is 5.53. The third-order valence-electron chi connectivity index (χ3n) is 2.22. The van der Waals surface area contributed by atoms with Gasteiger partial charge < -0.3 is 20.9 Å². The van der Waals surface area contributed by atoms with Gasteiger partial charge in [0.2, 0.25) is 5.91 Å². The van der Waals surface area contributed by atoms with Gasteiger partial charge in [-0.25, -0.2) is 9.59 Å². The van der Waals surface area contributed by atoms with Crippen LogP contribution in [0, 0.1) is 0 Å². The van der Waals surface area contributed by atoms with Crippen molar-refractivity contribution in [3.05, 3.63) is 30.3 Å². The van der Waals surface area contributed by atoms with Crippen LogP contribution < -0.4 is 15.8 Å². The van der Waals surface area contributed by atoms with Crippen LogP contribution in [0.5, 0.6) is 5.75 Å². The number of nitrogens with two attached hydrogens (primary N) is 1. The van der Waals surface area contributed by atoms with Crippen LogP contribution in [-0.4, -0.2) is 29.1 Å². The van der Waals surface area contributed by atoms with Crippen molar-refractivity contribution < 1.29 is 24.2 Å². The first-order chi connectivity index (χ1) is 8.99. The minimum absolute atomic E-state index is 0.0887. The lowest BCUT2D eigenvalue weighted by Crippen LogP contribution is -2.42. The summed E-state index contributed by atoms with van der Waals surface area (Å²) in [7, 11) is 0. The Kier molecular flexibility index (Phi) is 5.34. The van der Waals surface area contributed by atoms with Crippen molar-refractivity contribution in [1.29, 1.82) is 0 Å². The van der Waals surface area contributed by atoms with E-state index in [9.17, 15) is 14.4 Å². The number of carboxylic acids is 1. The molecule has 19 heavy (non-hydrogen) atoms. The molecule has 1 rings (SSSR count). The van der Waals surface area contributed by atoms with Crippen LogP contribution in [0.2, 0.25) is 0 Å². The summed E-state index contributed by atoms with van der Waals surface area (Å²) in [6.45, 7) is 0. The van der Waals surface area contributed by atoms with E-state index in [0.29, 0.717) is 5.75 Å². The lowest BCUT2D eigenvalue weighted by atomic mass is 10.1. The summed E-state index contributed by atoms with van der Waals surface area (Å²) in [4.78, 5) is 32.9. The maximum atomic E-state index is 11.5. The number of amides is 2. The summed E-state index contributed by atoms with van der Waals surface area (Å²) in [5, 5.41) is 11.0. The van der Waals surface area contributed by atoms with Crippen LogP contribution in [0.4, 0.5) is 4.79 Å². The molecule has 0 fully saturated rings. The minimum atomic E-state index is -1.26. The number of hydrogen-bond acceptors (Lipinski definition) is 4. The van der Waals surface area contributed by atoms with Gasteiger partial charge in [-0.05, 0) is 18.6 Å². The Balaban J connectivity index is 2.52. The largest absolute Gasteiger partial charge is 0.480 e. The van der Waals surface area contributed by atoms with Gasteiger partial charge in [0.05, 0.1) is 0 Å². The number of carbonyl (C=O) groups excluding carboxylic acids is 2. The van der Waals surface area contributed by atoms with Crippen LogP contribution in [0.15, 0.2) is 30.3 Å². The summed E-state index contributed by atoms with van der Waals surface area (Å²) in [5.74, 6) is -1.60. The van der Waals surface area contributed by atoms with E-state index >= 15 is 0 Å². The molecule has 0 saturated carbocycles. The fourth-order valence-corrected chi connectivity index (χ4v) is 1.31. The summed E-state index contributed by atoms with van der Waals surface area (Å²) in [6, 6.07) is 6.98.